The van der Waals surface area contributed by atoms with Crippen molar-refractivity contribution >= 4 is 29.3 Å². The number of piperidine rings is 1. The van der Waals surface area contributed by atoms with Gasteiger partial charge in [-0.2, -0.15) is 0 Å². The third-order valence-corrected chi connectivity index (χ3v) is 5.99. The van der Waals surface area contributed by atoms with Crippen LogP contribution in [0.2, 0.25) is 0 Å². The molecule has 2 amide bonds. The van der Waals surface area contributed by atoms with Crippen LogP contribution < -0.4 is 15.5 Å². The van der Waals surface area contributed by atoms with E-state index in [2.05, 4.69) is 17.6 Å². The Morgan fingerprint density at radius 3 is 3.12 bits per heavy atom. The van der Waals surface area contributed by atoms with Crippen molar-refractivity contribution in [2.45, 2.75) is 43.5 Å². The molecule has 0 bridgehead atoms. The normalized spacial score (nSPS) is 23.3. The van der Waals surface area contributed by atoms with E-state index in [1.54, 1.807) is 11.0 Å². The number of benzene rings is 1. The fourth-order valence-corrected chi connectivity index (χ4v) is 4.26. The van der Waals surface area contributed by atoms with Crippen LogP contribution in [-0.4, -0.2) is 43.2 Å². The van der Waals surface area contributed by atoms with E-state index in [4.69, 9.17) is 0 Å². The first-order chi connectivity index (χ1) is 11.6. The van der Waals surface area contributed by atoms with Crippen LogP contribution in [0, 0.1) is 0 Å². The van der Waals surface area contributed by atoms with E-state index in [1.807, 2.05) is 12.1 Å². The highest BCUT2D eigenvalue weighted by Crippen LogP contribution is 2.31. The number of anilines is 1. The fourth-order valence-electron chi connectivity index (χ4n) is 3.47. The van der Waals surface area contributed by atoms with Gasteiger partial charge in [0.15, 0.2) is 0 Å². The second kappa shape index (κ2) is 8.03. The molecular formula is C18H26N3O2S+. The molecule has 2 heterocycles. The number of amides is 2. The highest BCUT2D eigenvalue weighted by molar-refractivity contribution is 8.00. The molecule has 2 aliphatic heterocycles. The van der Waals surface area contributed by atoms with Gasteiger partial charge in [0.05, 0.1) is 30.6 Å². The van der Waals surface area contributed by atoms with Crippen LogP contribution >= 0.6 is 11.8 Å². The van der Waals surface area contributed by atoms with E-state index < -0.39 is 0 Å². The van der Waals surface area contributed by atoms with Crippen LogP contribution in [-0.2, 0) is 4.79 Å². The Morgan fingerprint density at radius 1 is 1.42 bits per heavy atom. The van der Waals surface area contributed by atoms with E-state index in [0.717, 1.165) is 29.6 Å². The summed E-state index contributed by atoms with van der Waals surface area (Å²) in [5.41, 5.74) is 1.35. The topological polar surface area (TPSA) is 62.6 Å². The van der Waals surface area contributed by atoms with Gasteiger partial charge in [-0.3, -0.25) is 9.59 Å². The highest BCUT2D eigenvalue weighted by Gasteiger charge is 2.21. The molecule has 0 spiro atoms. The lowest BCUT2D eigenvalue weighted by Gasteiger charge is -2.30. The summed E-state index contributed by atoms with van der Waals surface area (Å²) >= 11 is 1.51. The van der Waals surface area contributed by atoms with Gasteiger partial charge in [0.25, 0.3) is 5.91 Å². The Balaban J connectivity index is 1.47. The Kier molecular flexibility index (Phi) is 5.79. The number of carbonyl (C=O) groups excluding carboxylic acids is 2. The monoisotopic (exact) mass is 348 g/mol. The molecule has 6 heteroatoms. The molecule has 3 rings (SSSR count). The van der Waals surface area contributed by atoms with Crippen LogP contribution in [0.4, 0.5) is 5.69 Å². The third kappa shape index (κ3) is 4.30. The molecule has 130 valence electrons. The van der Waals surface area contributed by atoms with Crippen molar-refractivity contribution in [2.75, 3.05) is 30.7 Å². The minimum absolute atomic E-state index is 0.0105. The van der Waals surface area contributed by atoms with Gasteiger partial charge in [0.1, 0.15) is 0 Å². The lowest BCUT2D eigenvalue weighted by atomic mass is 10.0. The molecule has 2 aliphatic rings. The van der Waals surface area contributed by atoms with Gasteiger partial charge in [-0.1, -0.05) is 0 Å². The number of thioether (sulfide) groups is 1. The van der Waals surface area contributed by atoms with Gasteiger partial charge in [-0.25, -0.2) is 0 Å². The number of fused-ring (bicyclic) bond motifs is 1. The maximum absolute atomic E-state index is 12.3. The number of hydrogen-bond donors (Lipinski definition) is 3. The number of carbonyl (C=O) groups is 2. The molecule has 1 fully saturated rings. The van der Waals surface area contributed by atoms with Crippen LogP contribution in [0.3, 0.4) is 0 Å². The summed E-state index contributed by atoms with van der Waals surface area (Å²) in [6.45, 7) is 5.41. The quantitative estimate of drug-likeness (QED) is 0.703. The van der Waals surface area contributed by atoms with Crippen LogP contribution in [0.25, 0.3) is 0 Å². The maximum Gasteiger partial charge on any atom is 0.251 e. The van der Waals surface area contributed by atoms with E-state index in [0.29, 0.717) is 17.9 Å². The molecule has 1 saturated heterocycles. The summed E-state index contributed by atoms with van der Waals surface area (Å²) in [5, 5.41) is 5.83. The Bertz CT molecular complexity index is 620. The molecular weight excluding hydrogens is 322 g/mol. The molecule has 2 unspecified atom stereocenters. The molecule has 2 atom stereocenters. The molecule has 0 aliphatic carbocycles. The number of hydrogen-bond acceptors (Lipinski definition) is 3. The largest absolute Gasteiger partial charge is 0.352 e. The smallest absolute Gasteiger partial charge is 0.251 e. The molecule has 0 saturated carbocycles. The lowest BCUT2D eigenvalue weighted by molar-refractivity contribution is -0.928. The molecule has 0 radical (unpaired) electrons. The molecule has 0 aromatic heterocycles. The first-order valence-electron chi connectivity index (χ1n) is 8.83. The molecule has 1 aromatic carbocycles. The minimum Gasteiger partial charge on any atom is -0.352 e. The fraction of sp³-hybridized carbons (Fsp3) is 0.556. The standard InChI is InChI=1S/C18H25N3O2S/c1-13-5-2-3-9-21(13)10-4-8-19-18(23)14-6-7-16-15(11-14)20-17(22)12-24-16/h6-7,11,13H,2-5,8-10,12H2,1H3,(H,19,23)(H,20,22)/p+1. The highest BCUT2D eigenvalue weighted by atomic mass is 32.2. The van der Waals surface area contributed by atoms with Gasteiger partial charge in [0.2, 0.25) is 5.91 Å². The van der Waals surface area contributed by atoms with Crippen molar-refractivity contribution in [3.63, 3.8) is 0 Å². The first kappa shape index (κ1) is 17.3. The Morgan fingerprint density at radius 2 is 2.29 bits per heavy atom. The summed E-state index contributed by atoms with van der Waals surface area (Å²) in [6, 6.07) is 6.26. The Labute approximate surface area is 147 Å². The Hall–Kier alpha value is -1.53. The second-order valence-corrected chi connectivity index (χ2v) is 7.73. The molecule has 3 N–H and O–H groups in total. The van der Waals surface area contributed by atoms with E-state index in [-0.39, 0.29) is 11.8 Å². The number of nitrogens with one attached hydrogen (secondary N) is 3. The first-order valence-corrected chi connectivity index (χ1v) is 9.81. The van der Waals surface area contributed by atoms with E-state index in [1.165, 1.54) is 37.6 Å². The predicted molar refractivity (Wildman–Crippen MR) is 96.8 cm³/mol. The van der Waals surface area contributed by atoms with Crippen molar-refractivity contribution in [3.8, 4) is 0 Å². The zero-order valence-corrected chi connectivity index (χ0v) is 15.0. The zero-order chi connectivity index (χ0) is 16.9. The van der Waals surface area contributed by atoms with Gasteiger partial charge in [0, 0.05) is 23.4 Å². The summed E-state index contributed by atoms with van der Waals surface area (Å²) in [7, 11) is 0. The average Bonchev–Trinajstić information content (AvgIpc) is 2.59. The number of quaternary nitrogens is 1. The van der Waals surface area contributed by atoms with Crippen LogP contribution in [0.5, 0.6) is 0 Å². The molecule has 5 nitrogen and oxygen atoms in total. The van der Waals surface area contributed by atoms with E-state index >= 15 is 0 Å². The summed E-state index contributed by atoms with van der Waals surface area (Å²) in [4.78, 5) is 26.4. The van der Waals surface area contributed by atoms with Crippen LogP contribution in [0.15, 0.2) is 23.1 Å². The summed E-state index contributed by atoms with van der Waals surface area (Å²) < 4.78 is 0. The SMILES string of the molecule is CC1CCCC[NH+]1CCCNC(=O)c1ccc2c(c1)NC(=O)CS2. The van der Waals surface area contributed by atoms with Crippen molar-refractivity contribution < 1.29 is 14.5 Å². The third-order valence-electron chi connectivity index (χ3n) is 4.92. The van der Waals surface area contributed by atoms with Crippen molar-refractivity contribution in [1.82, 2.24) is 5.32 Å². The van der Waals surface area contributed by atoms with Crippen molar-refractivity contribution in [2.24, 2.45) is 0 Å². The van der Waals surface area contributed by atoms with Gasteiger partial charge in [-0.15, -0.1) is 11.8 Å². The average molecular weight is 348 g/mol. The lowest BCUT2D eigenvalue weighted by Crippen LogP contribution is -3.16. The van der Waals surface area contributed by atoms with Crippen LogP contribution in [0.1, 0.15) is 43.0 Å². The van der Waals surface area contributed by atoms with Crippen molar-refractivity contribution in [1.29, 1.82) is 0 Å². The predicted octanol–water partition coefficient (Wildman–Crippen LogP) is 1.31. The van der Waals surface area contributed by atoms with Gasteiger partial charge in [-0.05, 0) is 44.4 Å². The van der Waals surface area contributed by atoms with E-state index in [9.17, 15) is 9.59 Å². The van der Waals surface area contributed by atoms with Gasteiger partial charge >= 0.3 is 0 Å². The van der Waals surface area contributed by atoms with Crippen molar-refractivity contribution in [3.05, 3.63) is 23.8 Å². The summed E-state index contributed by atoms with van der Waals surface area (Å²) in [5.74, 6) is 0.364. The maximum atomic E-state index is 12.3. The summed E-state index contributed by atoms with van der Waals surface area (Å²) in [6.07, 6.45) is 5.00. The molecule has 1 aromatic rings. The minimum atomic E-state index is -0.0654. The number of likely N-dealkylation sites (tertiary alicyclic amines) is 1. The second-order valence-electron chi connectivity index (χ2n) is 6.71. The number of rotatable bonds is 5. The zero-order valence-electron chi connectivity index (χ0n) is 14.2. The van der Waals surface area contributed by atoms with Gasteiger partial charge < -0.3 is 15.5 Å². The molecule has 24 heavy (non-hydrogen) atoms.